The first-order chi connectivity index (χ1) is 7.62. The molecule has 0 aromatic rings. The molecule has 0 aliphatic carbocycles. The number of unbranched alkanes of at least 4 members (excludes halogenated alkanes) is 6. The molecule has 5 nitrogen and oxygen atoms in total. The number of phosphoric ester groups is 1. The maximum Gasteiger partial charge on any atom is 0.267 e. The lowest BCUT2D eigenvalue weighted by molar-refractivity contribution is -0.223. The highest BCUT2D eigenvalue weighted by Crippen LogP contribution is 2.36. The van der Waals surface area contributed by atoms with E-state index in [9.17, 15) is 9.46 Å². The Morgan fingerprint density at radius 3 is 2.06 bits per heavy atom. The van der Waals surface area contributed by atoms with E-state index in [0.717, 1.165) is 52.1 Å². The van der Waals surface area contributed by atoms with Gasteiger partial charge in [-0.05, 0) is 12.8 Å². The van der Waals surface area contributed by atoms with E-state index in [0.29, 0.717) is 0 Å². The Kier molecular flexibility index (Phi) is 10.3. The second-order valence-corrected chi connectivity index (χ2v) is 5.18. The van der Waals surface area contributed by atoms with Gasteiger partial charge in [0.05, 0.1) is 6.61 Å². The number of rotatable bonds is 11. The van der Waals surface area contributed by atoms with Gasteiger partial charge in [0, 0.05) is 13.7 Å². The van der Waals surface area contributed by atoms with Crippen molar-refractivity contribution in [3.8, 4) is 0 Å². The van der Waals surface area contributed by atoms with Gasteiger partial charge in [0.15, 0.2) is 0 Å². The highest BCUT2D eigenvalue weighted by atomic mass is 31.2. The van der Waals surface area contributed by atoms with Crippen molar-refractivity contribution in [2.24, 2.45) is 0 Å². The van der Waals surface area contributed by atoms with E-state index in [1.54, 1.807) is 0 Å². The molecule has 0 amide bonds. The summed E-state index contributed by atoms with van der Waals surface area (Å²) in [5, 5.41) is 8.55. The van der Waals surface area contributed by atoms with Crippen molar-refractivity contribution < 1.29 is 23.6 Å². The van der Waals surface area contributed by atoms with Crippen molar-refractivity contribution in [3.63, 3.8) is 0 Å². The molecule has 0 rings (SSSR count). The summed E-state index contributed by atoms with van der Waals surface area (Å²) in [6.07, 6.45) is 6.95. The van der Waals surface area contributed by atoms with Crippen LogP contribution in [0.1, 0.15) is 44.9 Å². The van der Waals surface area contributed by atoms with Crippen LogP contribution in [0.4, 0.5) is 0 Å². The molecule has 0 saturated carbocycles. The summed E-state index contributed by atoms with van der Waals surface area (Å²) < 4.78 is 19.5. The van der Waals surface area contributed by atoms with Gasteiger partial charge in [0.25, 0.3) is 7.82 Å². The summed E-state index contributed by atoms with van der Waals surface area (Å²) in [6, 6.07) is 0. The van der Waals surface area contributed by atoms with Crippen molar-refractivity contribution in [2.75, 3.05) is 20.3 Å². The maximum atomic E-state index is 10.8. The van der Waals surface area contributed by atoms with Crippen molar-refractivity contribution in [3.05, 3.63) is 0 Å². The molecule has 1 atom stereocenters. The van der Waals surface area contributed by atoms with Gasteiger partial charge in [-0.3, -0.25) is 4.57 Å². The molecule has 6 heteroatoms. The highest BCUT2D eigenvalue weighted by molar-refractivity contribution is 7.45. The number of aliphatic hydroxyl groups is 1. The van der Waals surface area contributed by atoms with Gasteiger partial charge in [-0.25, -0.2) is 0 Å². The van der Waals surface area contributed by atoms with E-state index >= 15 is 0 Å². The van der Waals surface area contributed by atoms with Gasteiger partial charge >= 0.3 is 0 Å². The van der Waals surface area contributed by atoms with E-state index in [2.05, 4.69) is 9.05 Å². The largest absolute Gasteiger partial charge is 0.756 e. The van der Waals surface area contributed by atoms with E-state index in [1.807, 2.05) is 0 Å². The predicted molar refractivity (Wildman–Crippen MR) is 60.0 cm³/mol. The summed E-state index contributed by atoms with van der Waals surface area (Å²) in [5.74, 6) is 0. The van der Waals surface area contributed by atoms with Gasteiger partial charge in [-0.2, -0.15) is 0 Å². The lowest BCUT2D eigenvalue weighted by Crippen LogP contribution is -2.06. The first-order valence-corrected chi connectivity index (χ1v) is 7.20. The molecule has 16 heavy (non-hydrogen) atoms. The minimum absolute atomic E-state index is 0.200. The summed E-state index contributed by atoms with van der Waals surface area (Å²) in [5.41, 5.74) is 0. The Hall–Kier alpha value is 0.0700. The topological polar surface area (TPSA) is 78.8 Å². The van der Waals surface area contributed by atoms with Gasteiger partial charge in [0.2, 0.25) is 0 Å². The molecule has 0 aliphatic heterocycles. The predicted octanol–water partition coefficient (Wildman–Crippen LogP) is 1.84. The molecule has 1 unspecified atom stereocenters. The molecule has 0 aromatic carbocycles. The zero-order valence-corrected chi connectivity index (χ0v) is 10.8. The van der Waals surface area contributed by atoms with Gasteiger partial charge in [0.1, 0.15) is 0 Å². The van der Waals surface area contributed by atoms with Crippen LogP contribution in [0, 0.1) is 0 Å². The summed E-state index contributed by atoms with van der Waals surface area (Å²) in [7, 11) is -2.93. The van der Waals surface area contributed by atoms with E-state index in [-0.39, 0.29) is 13.2 Å². The highest BCUT2D eigenvalue weighted by Gasteiger charge is 2.04. The Morgan fingerprint density at radius 1 is 1.06 bits per heavy atom. The molecule has 0 radical (unpaired) electrons. The molecule has 0 spiro atoms. The Bertz CT molecular complexity index is 198. The Morgan fingerprint density at radius 2 is 1.56 bits per heavy atom. The second kappa shape index (κ2) is 10.2. The molecule has 98 valence electrons. The molecule has 0 fully saturated rings. The monoisotopic (exact) mass is 253 g/mol. The van der Waals surface area contributed by atoms with Crippen molar-refractivity contribution in [1.29, 1.82) is 0 Å². The third-order valence-electron chi connectivity index (χ3n) is 2.28. The lowest BCUT2D eigenvalue weighted by atomic mass is 10.1. The second-order valence-electron chi connectivity index (χ2n) is 3.66. The fourth-order valence-electron chi connectivity index (χ4n) is 1.33. The SMILES string of the molecule is COP(=O)([O-])OCCCCCCCCCO. The molecule has 0 saturated heterocycles. The maximum absolute atomic E-state index is 10.8. The van der Waals surface area contributed by atoms with Crippen molar-refractivity contribution in [1.82, 2.24) is 0 Å². The van der Waals surface area contributed by atoms with Crippen LogP contribution in [-0.2, 0) is 13.6 Å². The molecule has 0 heterocycles. The average molecular weight is 253 g/mol. The molecule has 0 bridgehead atoms. The molecular weight excluding hydrogens is 231 g/mol. The minimum Gasteiger partial charge on any atom is -0.756 e. The van der Waals surface area contributed by atoms with Crippen molar-refractivity contribution >= 4 is 7.82 Å². The smallest absolute Gasteiger partial charge is 0.267 e. The van der Waals surface area contributed by atoms with Crippen LogP contribution >= 0.6 is 7.82 Å². The van der Waals surface area contributed by atoms with E-state index in [4.69, 9.17) is 5.11 Å². The average Bonchev–Trinajstić information content (AvgIpc) is 2.27. The fourth-order valence-corrected chi connectivity index (χ4v) is 1.78. The summed E-state index contributed by atoms with van der Waals surface area (Å²) in [6.45, 7) is 0.467. The lowest BCUT2D eigenvalue weighted by Gasteiger charge is -2.19. The number of hydrogen-bond donors (Lipinski definition) is 1. The van der Waals surface area contributed by atoms with Crippen LogP contribution in [0.2, 0.25) is 0 Å². The Labute approximate surface area is 97.4 Å². The van der Waals surface area contributed by atoms with Gasteiger partial charge in [-0.1, -0.05) is 32.1 Å². The van der Waals surface area contributed by atoms with Gasteiger partial charge < -0.3 is 19.0 Å². The quantitative estimate of drug-likeness (QED) is 0.449. The number of phosphoric acid groups is 1. The van der Waals surface area contributed by atoms with Crippen LogP contribution in [0.25, 0.3) is 0 Å². The Balaban J connectivity index is 3.13. The van der Waals surface area contributed by atoms with Crippen molar-refractivity contribution in [2.45, 2.75) is 44.9 Å². The summed E-state index contributed by atoms with van der Waals surface area (Å²) >= 11 is 0. The van der Waals surface area contributed by atoms with Crippen LogP contribution in [0.5, 0.6) is 0 Å². The molecule has 1 N–H and O–H groups in total. The van der Waals surface area contributed by atoms with Crippen LogP contribution in [0.3, 0.4) is 0 Å². The first kappa shape index (κ1) is 16.1. The third-order valence-corrected chi connectivity index (χ3v) is 3.22. The molecule has 0 aliphatic rings. The number of aliphatic hydroxyl groups excluding tert-OH is 1. The zero-order valence-electron chi connectivity index (χ0n) is 9.89. The van der Waals surface area contributed by atoms with E-state index in [1.165, 1.54) is 0 Å². The standard InChI is InChI=1S/C10H23O5P/c1-14-16(12,13)15-10-8-6-4-2-3-5-7-9-11/h11H,2-10H2,1H3,(H,12,13)/p-1. The summed E-state index contributed by atoms with van der Waals surface area (Å²) in [4.78, 5) is 10.8. The first-order valence-electron chi connectivity index (χ1n) is 5.74. The third kappa shape index (κ3) is 10.6. The van der Waals surface area contributed by atoms with Crippen LogP contribution in [-0.4, -0.2) is 25.4 Å². The fraction of sp³-hybridized carbons (Fsp3) is 1.00. The van der Waals surface area contributed by atoms with E-state index < -0.39 is 7.82 Å². The minimum atomic E-state index is -4.02. The van der Waals surface area contributed by atoms with Crippen LogP contribution < -0.4 is 4.89 Å². The van der Waals surface area contributed by atoms with Crippen LogP contribution in [0.15, 0.2) is 0 Å². The molecule has 0 aromatic heterocycles. The zero-order chi connectivity index (χ0) is 12.3. The van der Waals surface area contributed by atoms with Gasteiger partial charge in [-0.15, -0.1) is 0 Å². The molecular formula is C10H22O5P-. The normalized spacial score (nSPS) is 14.9. The number of hydrogen-bond acceptors (Lipinski definition) is 5.